The van der Waals surface area contributed by atoms with Crippen molar-refractivity contribution >= 4 is 51.1 Å². The average molecular weight is 399 g/mol. The predicted molar refractivity (Wildman–Crippen MR) is 97.4 cm³/mol. The zero-order chi connectivity index (χ0) is 15.9. The van der Waals surface area contributed by atoms with E-state index in [1.165, 1.54) is 0 Å². The molecule has 0 radical (unpaired) electrons. The van der Waals surface area contributed by atoms with Crippen molar-refractivity contribution in [2.75, 3.05) is 0 Å². The van der Waals surface area contributed by atoms with Crippen LogP contribution >= 0.6 is 39.7 Å². The number of hydrogen-bond donors (Lipinski definition) is 2. The van der Waals surface area contributed by atoms with Gasteiger partial charge < -0.3 is 10.5 Å². The number of hydrogen-bond acceptors (Lipinski definition) is 3. The Morgan fingerprint density at radius 3 is 2.91 bits per heavy atom. The van der Waals surface area contributed by atoms with Crippen molar-refractivity contribution in [1.82, 2.24) is 5.43 Å². The molecular weight excluding hydrogens is 386 g/mol. The van der Waals surface area contributed by atoms with Crippen LogP contribution in [-0.2, 0) is 6.61 Å². The van der Waals surface area contributed by atoms with Gasteiger partial charge in [0.15, 0.2) is 5.11 Å². The number of ether oxygens (including phenoxy) is 1. The van der Waals surface area contributed by atoms with Gasteiger partial charge in [0.2, 0.25) is 0 Å². The molecule has 0 fully saturated rings. The lowest BCUT2D eigenvalue weighted by atomic mass is 10.2. The summed E-state index contributed by atoms with van der Waals surface area (Å²) >= 11 is 14.1. The minimum atomic E-state index is 0.0925. The van der Waals surface area contributed by atoms with E-state index in [2.05, 4.69) is 38.7 Å². The highest BCUT2D eigenvalue weighted by Crippen LogP contribution is 2.23. The molecule has 22 heavy (non-hydrogen) atoms. The molecule has 0 saturated carbocycles. The molecule has 2 aromatic rings. The van der Waals surface area contributed by atoms with Gasteiger partial charge in [-0.15, -0.1) is 0 Å². The molecule has 0 spiro atoms. The average Bonchev–Trinajstić information content (AvgIpc) is 2.46. The van der Waals surface area contributed by atoms with E-state index in [9.17, 15) is 0 Å². The highest BCUT2D eigenvalue weighted by Gasteiger charge is 2.04. The van der Waals surface area contributed by atoms with Crippen LogP contribution in [0.25, 0.3) is 0 Å². The lowest BCUT2D eigenvalue weighted by molar-refractivity contribution is 0.305. The van der Waals surface area contributed by atoms with Gasteiger partial charge in [-0.1, -0.05) is 39.7 Å². The van der Waals surface area contributed by atoms with E-state index in [1.54, 1.807) is 24.4 Å². The van der Waals surface area contributed by atoms with Crippen molar-refractivity contribution in [3.05, 3.63) is 63.1 Å². The first-order chi connectivity index (χ1) is 10.5. The van der Waals surface area contributed by atoms with E-state index in [-0.39, 0.29) is 5.11 Å². The first-order valence-electron chi connectivity index (χ1n) is 6.30. The molecule has 0 atom stereocenters. The van der Waals surface area contributed by atoms with E-state index < -0.39 is 0 Å². The number of rotatable bonds is 5. The maximum absolute atomic E-state index is 6.00. The molecule has 0 saturated heterocycles. The van der Waals surface area contributed by atoms with Crippen molar-refractivity contribution in [1.29, 1.82) is 0 Å². The van der Waals surface area contributed by atoms with Crippen LogP contribution < -0.4 is 15.9 Å². The molecule has 0 bridgehead atoms. The van der Waals surface area contributed by atoms with Crippen molar-refractivity contribution in [3.63, 3.8) is 0 Å². The van der Waals surface area contributed by atoms with Crippen LogP contribution in [0.5, 0.6) is 5.75 Å². The molecule has 114 valence electrons. The fourth-order valence-electron chi connectivity index (χ4n) is 1.70. The molecule has 0 heterocycles. The number of benzene rings is 2. The summed E-state index contributed by atoms with van der Waals surface area (Å²) in [6, 6.07) is 13.2. The first kappa shape index (κ1) is 16.7. The molecule has 4 nitrogen and oxygen atoms in total. The number of hydrazone groups is 1. The Morgan fingerprint density at radius 2 is 2.18 bits per heavy atom. The van der Waals surface area contributed by atoms with Gasteiger partial charge in [-0.3, -0.25) is 5.43 Å². The summed E-state index contributed by atoms with van der Waals surface area (Å²) in [5.74, 6) is 0.665. The third-order valence-corrected chi connectivity index (χ3v) is 3.45. The van der Waals surface area contributed by atoms with Gasteiger partial charge in [-0.25, -0.2) is 0 Å². The normalized spacial score (nSPS) is 10.6. The van der Waals surface area contributed by atoms with Crippen molar-refractivity contribution in [2.45, 2.75) is 6.61 Å². The summed E-state index contributed by atoms with van der Waals surface area (Å²) in [5, 5.41) is 4.61. The minimum absolute atomic E-state index is 0.0925. The third kappa shape index (κ3) is 5.29. The lowest BCUT2D eigenvalue weighted by Gasteiger charge is -2.10. The quantitative estimate of drug-likeness (QED) is 0.456. The topological polar surface area (TPSA) is 59.6 Å². The zero-order valence-electron chi connectivity index (χ0n) is 11.4. The van der Waals surface area contributed by atoms with Crippen LogP contribution in [0.3, 0.4) is 0 Å². The minimum Gasteiger partial charge on any atom is -0.488 e. The fraction of sp³-hybridized carbons (Fsp3) is 0.0667. The monoisotopic (exact) mass is 397 g/mol. The largest absolute Gasteiger partial charge is 0.488 e. The lowest BCUT2D eigenvalue weighted by Crippen LogP contribution is -2.24. The molecule has 0 aliphatic rings. The Morgan fingerprint density at radius 1 is 1.36 bits per heavy atom. The van der Waals surface area contributed by atoms with Gasteiger partial charge in [0.05, 0.1) is 6.21 Å². The van der Waals surface area contributed by atoms with E-state index in [1.807, 2.05) is 24.3 Å². The number of nitrogens with two attached hydrogens (primary N) is 1. The SMILES string of the molecule is NC(=S)NN=Cc1cc(Cl)ccc1OCc1cccc(Br)c1. The first-order valence-corrected chi connectivity index (χ1v) is 7.88. The summed E-state index contributed by atoms with van der Waals surface area (Å²) in [4.78, 5) is 0. The Balaban J connectivity index is 2.12. The van der Waals surface area contributed by atoms with Crippen LogP contribution in [0.1, 0.15) is 11.1 Å². The van der Waals surface area contributed by atoms with Gasteiger partial charge in [-0.2, -0.15) is 5.10 Å². The third-order valence-electron chi connectivity index (χ3n) is 2.63. The molecule has 2 aromatic carbocycles. The number of halogens is 2. The molecule has 2 rings (SSSR count). The van der Waals surface area contributed by atoms with E-state index >= 15 is 0 Å². The summed E-state index contributed by atoms with van der Waals surface area (Å²) in [6.07, 6.45) is 1.56. The molecule has 0 aromatic heterocycles. The molecule has 0 aliphatic heterocycles. The highest BCUT2D eigenvalue weighted by molar-refractivity contribution is 9.10. The Labute approximate surface area is 147 Å². The van der Waals surface area contributed by atoms with Gasteiger partial charge in [0, 0.05) is 15.1 Å². The number of nitrogens with zero attached hydrogens (tertiary/aromatic N) is 1. The molecule has 3 N–H and O–H groups in total. The highest BCUT2D eigenvalue weighted by atomic mass is 79.9. The summed E-state index contributed by atoms with van der Waals surface area (Å²) < 4.78 is 6.83. The van der Waals surface area contributed by atoms with Crippen molar-refractivity contribution in [3.8, 4) is 5.75 Å². The second-order valence-electron chi connectivity index (χ2n) is 4.33. The molecular formula is C15H13BrClN3OS. The molecule has 7 heteroatoms. The summed E-state index contributed by atoms with van der Waals surface area (Å²) in [5.41, 5.74) is 9.59. The fourth-order valence-corrected chi connectivity index (χ4v) is 2.38. The smallest absolute Gasteiger partial charge is 0.184 e. The Hall–Kier alpha value is -1.63. The molecule has 0 amide bonds. The standard InChI is InChI=1S/C15H13BrClN3OS/c16-12-3-1-2-10(6-12)9-21-14-5-4-13(17)7-11(14)8-19-20-15(18)22/h1-8H,9H2,(H3,18,20,22). The molecule has 0 aliphatic carbocycles. The van der Waals surface area contributed by atoms with Gasteiger partial charge in [0.25, 0.3) is 0 Å². The van der Waals surface area contributed by atoms with E-state index in [4.69, 9.17) is 22.1 Å². The van der Waals surface area contributed by atoms with Gasteiger partial charge in [0.1, 0.15) is 12.4 Å². The van der Waals surface area contributed by atoms with E-state index in [0.717, 1.165) is 15.6 Å². The number of thiocarbonyl (C=S) groups is 1. The van der Waals surface area contributed by atoms with Crippen LogP contribution in [0.4, 0.5) is 0 Å². The van der Waals surface area contributed by atoms with Gasteiger partial charge in [-0.05, 0) is 48.1 Å². The second-order valence-corrected chi connectivity index (χ2v) is 6.13. The van der Waals surface area contributed by atoms with Gasteiger partial charge >= 0.3 is 0 Å². The zero-order valence-corrected chi connectivity index (χ0v) is 14.6. The molecule has 0 unspecified atom stereocenters. The van der Waals surface area contributed by atoms with Crippen LogP contribution in [0, 0.1) is 0 Å². The van der Waals surface area contributed by atoms with Crippen molar-refractivity contribution < 1.29 is 4.74 Å². The van der Waals surface area contributed by atoms with Crippen LogP contribution in [0.2, 0.25) is 5.02 Å². The van der Waals surface area contributed by atoms with Crippen LogP contribution in [-0.4, -0.2) is 11.3 Å². The summed E-state index contributed by atoms with van der Waals surface area (Å²) in [6.45, 7) is 0.435. The van der Waals surface area contributed by atoms with Crippen molar-refractivity contribution in [2.24, 2.45) is 10.8 Å². The second kappa shape index (κ2) is 8.12. The number of nitrogens with one attached hydrogen (secondary N) is 1. The maximum atomic E-state index is 6.00. The summed E-state index contributed by atoms with van der Waals surface area (Å²) in [7, 11) is 0. The Bertz CT molecular complexity index is 709. The van der Waals surface area contributed by atoms with E-state index in [0.29, 0.717) is 17.4 Å². The predicted octanol–water partition coefficient (Wildman–Crippen LogP) is 3.85. The van der Waals surface area contributed by atoms with Crippen LogP contribution in [0.15, 0.2) is 52.0 Å². The maximum Gasteiger partial charge on any atom is 0.184 e. The Kier molecular flexibility index (Phi) is 6.18.